The third-order valence-corrected chi connectivity index (χ3v) is 2.38. The third-order valence-electron chi connectivity index (χ3n) is 1.72. The van der Waals surface area contributed by atoms with Crippen LogP contribution in [-0.2, 0) is 4.79 Å². The van der Waals surface area contributed by atoms with Crippen LogP contribution in [0.2, 0.25) is 0 Å². The van der Waals surface area contributed by atoms with Gasteiger partial charge >= 0.3 is 0 Å². The highest BCUT2D eigenvalue weighted by Crippen LogP contribution is 2.07. The van der Waals surface area contributed by atoms with Gasteiger partial charge in [-0.1, -0.05) is 27.7 Å². The van der Waals surface area contributed by atoms with E-state index in [0.29, 0.717) is 12.5 Å². The van der Waals surface area contributed by atoms with Crippen LogP contribution >= 0.6 is 11.6 Å². The second-order valence-corrected chi connectivity index (χ2v) is 4.22. The van der Waals surface area contributed by atoms with E-state index in [1.54, 1.807) is 0 Å². The maximum absolute atomic E-state index is 11.1. The molecule has 0 aliphatic carbocycles. The summed E-state index contributed by atoms with van der Waals surface area (Å²) in [7, 11) is 0. The molecule has 0 aromatic carbocycles. The monoisotopic (exact) mass is 191 g/mol. The molecule has 3 heteroatoms. The van der Waals surface area contributed by atoms with E-state index in [2.05, 4.69) is 5.32 Å². The van der Waals surface area contributed by atoms with Gasteiger partial charge in [0.25, 0.3) is 0 Å². The van der Waals surface area contributed by atoms with Gasteiger partial charge < -0.3 is 5.32 Å². The van der Waals surface area contributed by atoms with Gasteiger partial charge in [0.2, 0.25) is 5.91 Å². The second-order valence-electron chi connectivity index (χ2n) is 3.66. The molecule has 0 aromatic rings. The van der Waals surface area contributed by atoms with E-state index in [-0.39, 0.29) is 17.2 Å². The van der Waals surface area contributed by atoms with Gasteiger partial charge in [-0.3, -0.25) is 4.79 Å². The van der Waals surface area contributed by atoms with Crippen molar-refractivity contribution in [2.75, 3.05) is 6.54 Å². The first kappa shape index (κ1) is 11.8. The Bertz CT molecular complexity index is 145. The second kappa shape index (κ2) is 5.41. The van der Waals surface area contributed by atoms with Crippen molar-refractivity contribution < 1.29 is 4.79 Å². The Morgan fingerprint density at radius 3 is 2.17 bits per heavy atom. The van der Waals surface area contributed by atoms with Crippen molar-refractivity contribution >= 4 is 17.5 Å². The number of hydrogen-bond acceptors (Lipinski definition) is 1. The molecule has 0 spiro atoms. The number of amides is 1. The molecule has 0 fully saturated rings. The average molecular weight is 192 g/mol. The Labute approximate surface area is 79.7 Å². The van der Waals surface area contributed by atoms with Crippen LogP contribution in [0.25, 0.3) is 0 Å². The molecule has 0 aromatic heterocycles. The fourth-order valence-corrected chi connectivity index (χ4v) is 0.715. The zero-order valence-electron chi connectivity index (χ0n) is 8.23. The van der Waals surface area contributed by atoms with Gasteiger partial charge in [0, 0.05) is 12.5 Å². The number of alkyl halides is 1. The summed E-state index contributed by atoms with van der Waals surface area (Å²) in [5.74, 6) is 0.515. The standard InChI is InChI=1S/C9H18ClNO/c1-6(2)8(10)5-11-9(12)7(3)4/h6-8H,5H2,1-4H3,(H,11,12). The largest absolute Gasteiger partial charge is 0.354 e. The lowest BCUT2D eigenvalue weighted by Gasteiger charge is -2.14. The highest BCUT2D eigenvalue weighted by Gasteiger charge is 2.12. The topological polar surface area (TPSA) is 29.1 Å². The average Bonchev–Trinajstić information content (AvgIpc) is 1.98. The lowest BCUT2D eigenvalue weighted by Crippen LogP contribution is -2.34. The first-order valence-corrected chi connectivity index (χ1v) is 4.80. The van der Waals surface area contributed by atoms with Crippen LogP contribution in [0.5, 0.6) is 0 Å². The van der Waals surface area contributed by atoms with E-state index in [1.165, 1.54) is 0 Å². The van der Waals surface area contributed by atoms with Crippen molar-refractivity contribution in [2.24, 2.45) is 11.8 Å². The van der Waals surface area contributed by atoms with Gasteiger partial charge in [-0.2, -0.15) is 0 Å². The summed E-state index contributed by atoms with van der Waals surface area (Å²) in [6, 6.07) is 0. The summed E-state index contributed by atoms with van der Waals surface area (Å²) < 4.78 is 0. The molecule has 12 heavy (non-hydrogen) atoms. The van der Waals surface area contributed by atoms with Gasteiger partial charge in [0.1, 0.15) is 0 Å². The summed E-state index contributed by atoms with van der Waals surface area (Å²) in [5.41, 5.74) is 0. The molecule has 0 rings (SSSR count). The minimum Gasteiger partial charge on any atom is -0.354 e. The van der Waals surface area contributed by atoms with E-state index in [9.17, 15) is 4.79 Å². The molecule has 0 aliphatic heterocycles. The molecule has 0 bridgehead atoms. The van der Waals surface area contributed by atoms with Crippen LogP contribution < -0.4 is 5.32 Å². The molecular formula is C9H18ClNO. The zero-order valence-corrected chi connectivity index (χ0v) is 8.98. The third kappa shape index (κ3) is 4.60. The van der Waals surface area contributed by atoms with Crippen LogP contribution in [0.1, 0.15) is 27.7 Å². The van der Waals surface area contributed by atoms with Gasteiger partial charge in [0.05, 0.1) is 5.38 Å². The fourth-order valence-electron chi connectivity index (χ4n) is 0.638. The maximum atomic E-state index is 11.1. The van der Waals surface area contributed by atoms with E-state index in [4.69, 9.17) is 11.6 Å². The SMILES string of the molecule is CC(C)C(=O)NCC(Cl)C(C)C. The summed E-state index contributed by atoms with van der Waals surface area (Å²) in [6.45, 7) is 8.39. The summed E-state index contributed by atoms with van der Waals surface area (Å²) >= 11 is 5.95. The number of carbonyl (C=O) groups excluding carboxylic acids is 1. The molecule has 0 saturated heterocycles. The Morgan fingerprint density at radius 2 is 1.83 bits per heavy atom. The smallest absolute Gasteiger partial charge is 0.222 e. The molecule has 1 unspecified atom stereocenters. The highest BCUT2D eigenvalue weighted by atomic mass is 35.5. The minimum atomic E-state index is 0.0349. The molecule has 2 nitrogen and oxygen atoms in total. The van der Waals surface area contributed by atoms with Gasteiger partial charge in [-0.25, -0.2) is 0 Å². The normalized spacial score (nSPS) is 13.6. The molecule has 0 aliphatic rings. The molecular weight excluding hydrogens is 174 g/mol. The van der Waals surface area contributed by atoms with Crippen LogP contribution in [0.15, 0.2) is 0 Å². The van der Waals surface area contributed by atoms with Crippen molar-refractivity contribution in [3.05, 3.63) is 0 Å². The Balaban J connectivity index is 3.61. The van der Waals surface area contributed by atoms with Gasteiger partial charge in [-0.15, -0.1) is 11.6 Å². The van der Waals surface area contributed by atoms with Crippen LogP contribution in [0.3, 0.4) is 0 Å². The van der Waals surface area contributed by atoms with Crippen molar-refractivity contribution in [1.29, 1.82) is 0 Å². The Kier molecular flexibility index (Phi) is 5.31. The van der Waals surface area contributed by atoms with Crippen molar-refractivity contribution in [2.45, 2.75) is 33.1 Å². The molecule has 0 saturated carbocycles. The maximum Gasteiger partial charge on any atom is 0.222 e. The lowest BCUT2D eigenvalue weighted by molar-refractivity contribution is -0.123. The van der Waals surface area contributed by atoms with Crippen molar-refractivity contribution in [3.63, 3.8) is 0 Å². The van der Waals surface area contributed by atoms with Crippen LogP contribution in [-0.4, -0.2) is 17.8 Å². The molecule has 1 atom stereocenters. The molecule has 0 radical (unpaired) electrons. The number of carbonyl (C=O) groups is 1. The molecule has 1 amide bonds. The highest BCUT2D eigenvalue weighted by molar-refractivity contribution is 6.21. The Hall–Kier alpha value is -0.240. The van der Waals surface area contributed by atoms with E-state index in [1.807, 2.05) is 27.7 Å². The molecule has 72 valence electrons. The zero-order chi connectivity index (χ0) is 9.72. The number of nitrogens with one attached hydrogen (secondary N) is 1. The predicted octanol–water partition coefficient (Wildman–Crippen LogP) is 2.02. The van der Waals surface area contributed by atoms with Gasteiger partial charge in [-0.05, 0) is 5.92 Å². The van der Waals surface area contributed by atoms with Crippen LogP contribution in [0, 0.1) is 11.8 Å². The minimum absolute atomic E-state index is 0.0349. The lowest BCUT2D eigenvalue weighted by atomic mass is 10.1. The van der Waals surface area contributed by atoms with Crippen molar-refractivity contribution in [1.82, 2.24) is 5.32 Å². The van der Waals surface area contributed by atoms with Gasteiger partial charge in [0.15, 0.2) is 0 Å². The molecule has 0 heterocycles. The van der Waals surface area contributed by atoms with E-state index < -0.39 is 0 Å². The summed E-state index contributed by atoms with van der Waals surface area (Å²) in [6.07, 6.45) is 0. The first-order valence-electron chi connectivity index (χ1n) is 4.37. The predicted molar refractivity (Wildman–Crippen MR) is 52.3 cm³/mol. The summed E-state index contributed by atoms with van der Waals surface area (Å²) in [4.78, 5) is 11.1. The van der Waals surface area contributed by atoms with E-state index in [0.717, 1.165) is 0 Å². The number of halogens is 1. The van der Waals surface area contributed by atoms with E-state index >= 15 is 0 Å². The Morgan fingerprint density at radius 1 is 1.33 bits per heavy atom. The number of hydrogen-bond donors (Lipinski definition) is 1. The summed E-state index contributed by atoms with van der Waals surface area (Å²) in [5, 5.41) is 2.83. The first-order chi connectivity index (χ1) is 5.45. The van der Waals surface area contributed by atoms with Crippen molar-refractivity contribution in [3.8, 4) is 0 Å². The number of rotatable bonds is 4. The molecule has 1 N–H and O–H groups in total. The fraction of sp³-hybridized carbons (Fsp3) is 0.889. The van der Waals surface area contributed by atoms with Crippen LogP contribution in [0.4, 0.5) is 0 Å². The quantitative estimate of drug-likeness (QED) is 0.677.